The van der Waals surface area contributed by atoms with E-state index in [2.05, 4.69) is 25.9 Å². The van der Waals surface area contributed by atoms with Crippen molar-refractivity contribution in [1.82, 2.24) is 20.9 Å². The van der Waals surface area contributed by atoms with Crippen molar-refractivity contribution in [2.24, 2.45) is 4.99 Å². The predicted octanol–water partition coefficient (Wildman–Crippen LogP) is 3.51. The number of aromatic nitrogens is 1. The molecule has 3 rings (SSSR count). The van der Waals surface area contributed by atoms with Crippen LogP contribution in [-0.4, -0.2) is 43.5 Å². The predicted molar refractivity (Wildman–Crippen MR) is 130 cm³/mol. The van der Waals surface area contributed by atoms with Gasteiger partial charge in [0.15, 0.2) is 5.96 Å². The Labute approximate surface area is 196 Å². The molecule has 0 bridgehead atoms. The summed E-state index contributed by atoms with van der Waals surface area (Å²) < 4.78 is 26.8. The van der Waals surface area contributed by atoms with E-state index in [1.54, 1.807) is 32.2 Å². The second kappa shape index (κ2) is 11.6. The van der Waals surface area contributed by atoms with Crippen LogP contribution in [0.15, 0.2) is 47.6 Å². The second-order valence-corrected chi connectivity index (χ2v) is 6.90. The molecule has 0 unspecified atom stereocenters. The molecule has 1 heterocycles. The highest BCUT2D eigenvalue weighted by Crippen LogP contribution is 2.19. The fraction of sp³-hybridized carbons (Fsp3) is 0.273. The van der Waals surface area contributed by atoms with Gasteiger partial charge in [-0.2, -0.15) is 0 Å². The molecule has 1 aromatic heterocycles. The lowest BCUT2D eigenvalue weighted by atomic mass is 10.1. The molecular formula is C22H26F2IN5O. The number of fused-ring (bicyclic) bond motifs is 1. The summed E-state index contributed by atoms with van der Waals surface area (Å²) in [5.41, 5.74) is 2.66. The monoisotopic (exact) mass is 541 g/mol. The molecule has 0 atom stereocenters. The van der Waals surface area contributed by atoms with Gasteiger partial charge in [-0.25, -0.2) is 8.78 Å². The first-order valence-electron chi connectivity index (χ1n) is 9.72. The molecule has 0 aliphatic heterocycles. The van der Waals surface area contributed by atoms with Crippen molar-refractivity contribution in [3.63, 3.8) is 0 Å². The average molecular weight is 541 g/mol. The fourth-order valence-corrected chi connectivity index (χ4v) is 3.09. The lowest BCUT2D eigenvalue weighted by Crippen LogP contribution is -2.42. The summed E-state index contributed by atoms with van der Waals surface area (Å²) in [6, 6.07) is 9.11. The zero-order chi connectivity index (χ0) is 21.5. The topological polar surface area (TPSA) is 81.3 Å². The molecule has 0 spiro atoms. The maximum absolute atomic E-state index is 13.6. The number of carbonyl (C=O) groups excluding carboxylic acids is 1. The van der Waals surface area contributed by atoms with Crippen LogP contribution in [0.5, 0.6) is 0 Å². The molecule has 2 aromatic carbocycles. The van der Waals surface area contributed by atoms with Crippen molar-refractivity contribution in [1.29, 1.82) is 0 Å². The number of halogens is 3. The number of H-pyrrole nitrogens is 1. The van der Waals surface area contributed by atoms with Gasteiger partial charge in [-0.15, -0.1) is 24.0 Å². The molecule has 0 aliphatic carbocycles. The number of benzene rings is 2. The number of carbonyl (C=O) groups is 1. The van der Waals surface area contributed by atoms with Crippen LogP contribution in [-0.2, 0) is 6.42 Å². The summed E-state index contributed by atoms with van der Waals surface area (Å²) >= 11 is 0. The Kier molecular flexibility index (Phi) is 9.22. The maximum Gasteiger partial charge on any atom is 0.251 e. The number of aromatic amines is 1. The van der Waals surface area contributed by atoms with Crippen molar-refractivity contribution < 1.29 is 13.6 Å². The molecule has 1 amide bonds. The Morgan fingerprint density at radius 2 is 1.77 bits per heavy atom. The van der Waals surface area contributed by atoms with E-state index in [4.69, 9.17) is 0 Å². The van der Waals surface area contributed by atoms with Gasteiger partial charge in [-0.05, 0) is 54.8 Å². The molecule has 0 saturated carbocycles. The zero-order valence-electron chi connectivity index (χ0n) is 17.4. The van der Waals surface area contributed by atoms with E-state index in [9.17, 15) is 13.6 Å². The van der Waals surface area contributed by atoms with Crippen molar-refractivity contribution in [3.05, 3.63) is 70.9 Å². The molecule has 0 aliphatic rings. The van der Waals surface area contributed by atoms with Crippen LogP contribution in [0.3, 0.4) is 0 Å². The van der Waals surface area contributed by atoms with E-state index in [0.29, 0.717) is 36.7 Å². The van der Waals surface area contributed by atoms with Crippen LogP contribution in [0.2, 0.25) is 0 Å². The van der Waals surface area contributed by atoms with Crippen molar-refractivity contribution in [2.45, 2.75) is 13.3 Å². The normalized spacial score (nSPS) is 11.2. The standard InChI is InChI=1S/C22H25F2N5O.HI/c1-14-3-4-15(11-19(14)24)21(30)26-9-10-28-22(25-2)27-8-7-16-13-29-20-12-17(23)5-6-18(16)20;/h3-6,11-13,29H,7-10H2,1-2H3,(H,26,30)(H2,25,27,28);1H. The van der Waals surface area contributed by atoms with Crippen LogP contribution in [0.25, 0.3) is 10.9 Å². The van der Waals surface area contributed by atoms with Gasteiger partial charge in [0.25, 0.3) is 5.91 Å². The summed E-state index contributed by atoms with van der Waals surface area (Å²) in [4.78, 5) is 19.3. The van der Waals surface area contributed by atoms with Crippen LogP contribution < -0.4 is 16.0 Å². The van der Waals surface area contributed by atoms with Crippen LogP contribution >= 0.6 is 24.0 Å². The molecular weight excluding hydrogens is 515 g/mol. The van der Waals surface area contributed by atoms with Gasteiger partial charge >= 0.3 is 0 Å². The van der Waals surface area contributed by atoms with E-state index in [0.717, 1.165) is 22.9 Å². The van der Waals surface area contributed by atoms with E-state index in [-0.39, 0.29) is 35.7 Å². The van der Waals surface area contributed by atoms with Gasteiger partial charge in [0.2, 0.25) is 0 Å². The number of rotatable bonds is 7. The lowest BCUT2D eigenvalue weighted by Gasteiger charge is -2.12. The number of aliphatic imine (C=N–C) groups is 1. The average Bonchev–Trinajstić information content (AvgIpc) is 3.13. The Morgan fingerprint density at radius 1 is 1.03 bits per heavy atom. The highest BCUT2D eigenvalue weighted by molar-refractivity contribution is 14.0. The Morgan fingerprint density at radius 3 is 2.52 bits per heavy atom. The van der Waals surface area contributed by atoms with Crippen LogP contribution in [0, 0.1) is 18.6 Å². The number of hydrogen-bond donors (Lipinski definition) is 4. The van der Waals surface area contributed by atoms with Gasteiger partial charge in [-0.3, -0.25) is 9.79 Å². The largest absolute Gasteiger partial charge is 0.361 e. The molecule has 0 radical (unpaired) electrons. The molecule has 6 nitrogen and oxygen atoms in total. The van der Waals surface area contributed by atoms with Gasteiger partial charge in [-0.1, -0.05) is 6.07 Å². The molecule has 31 heavy (non-hydrogen) atoms. The summed E-state index contributed by atoms with van der Waals surface area (Å²) in [7, 11) is 1.66. The van der Waals surface area contributed by atoms with Crippen molar-refractivity contribution >= 4 is 46.7 Å². The molecule has 0 fully saturated rings. The zero-order valence-corrected chi connectivity index (χ0v) is 19.7. The minimum Gasteiger partial charge on any atom is -0.361 e. The first kappa shape index (κ1) is 24.6. The second-order valence-electron chi connectivity index (χ2n) is 6.90. The first-order valence-corrected chi connectivity index (χ1v) is 9.72. The summed E-state index contributed by atoms with van der Waals surface area (Å²) in [5, 5.41) is 10.1. The van der Waals surface area contributed by atoms with Crippen molar-refractivity contribution in [2.75, 3.05) is 26.7 Å². The highest BCUT2D eigenvalue weighted by Gasteiger charge is 2.08. The fourth-order valence-electron chi connectivity index (χ4n) is 3.09. The first-order chi connectivity index (χ1) is 14.5. The lowest BCUT2D eigenvalue weighted by molar-refractivity contribution is 0.0954. The minimum absolute atomic E-state index is 0. The molecule has 9 heteroatoms. The Balaban J connectivity index is 0.00000341. The number of guanidine groups is 1. The third-order valence-corrected chi connectivity index (χ3v) is 4.78. The van der Waals surface area contributed by atoms with E-state index < -0.39 is 5.82 Å². The highest BCUT2D eigenvalue weighted by atomic mass is 127. The molecule has 3 aromatic rings. The Hall–Kier alpha value is -2.69. The van der Waals surface area contributed by atoms with Crippen LogP contribution in [0.4, 0.5) is 8.78 Å². The molecule has 4 N–H and O–H groups in total. The smallest absolute Gasteiger partial charge is 0.251 e. The van der Waals surface area contributed by atoms with Gasteiger partial charge in [0.1, 0.15) is 11.6 Å². The van der Waals surface area contributed by atoms with Crippen LogP contribution in [0.1, 0.15) is 21.5 Å². The summed E-state index contributed by atoms with van der Waals surface area (Å²) in [5.74, 6) is -0.380. The number of nitrogens with one attached hydrogen (secondary N) is 4. The number of aryl methyl sites for hydroxylation is 1. The van der Waals surface area contributed by atoms with E-state index in [1.807, 2.05) is 6.20 Å². The number of hydrogen-bond acceptors (Lipinski definition) is 2. The van der Waals surface area contributed by atoms with Gasteiger partial charge < -0.3 is 20.9 Å². The Bertz CT molecular complexity index is 1070. The van der Waals surface area contributed by atoms with Gasteiger partial charge in [0.05, 0.1) is 0 Å². The van der Waals surface area contributed by atoms with E-state index in [1.165, 1.54) is 18.2 Å². The minimum atomic E-state index is -0.397. The quantitative estimate of drug-likeness (QED) is 0.160. The summed E-state index contributed by atoms with van der Waals surface area (Å²) in [6.07, 6.45) is 2.62. The third-order valence-electron chi connectivity index (χ3n) is 4.78. The summed E-state index contributed by atoms with van der Waals surface area (Å²) in [6.45, 7) is 3.12. The van der Waals surface area contributed by atoms with Crippen molar-refractivity contribution in [3.8, 4) is 0 Å². The number of amides is 1. The SMILES string of the molecule is CN=C(NCCNC(=O)c1ccc(C)c(F)c1)NCCc1c[nH]c2cc(F)ccc12.I. The van der Waals surface area contributed by atoms with E-state index >= 15 is 0 Å². The third kappa shape index (κ3) is 6.65. The number of nitrogens with zero attached hydrogens (tertiary/aromatic N) is 1. The van der Waals surface area contributed by atoms with Gasteiger partial charge in [0, 0.05) is 49.3 Å². The molecule has 166 valence electrons. The molecule has 0 saturated heterocycles. The maximum atomic E-state index is 13.6.